The van der Waals surface area contributed by atoms with Gasteiger partial charge in [0.2, 0.25) is 5.91 Å². The minimum atomic E-state index is -0.155. The Morgan fingerprint density at radius 3 is 2.52 bits per heavy atom. The molecular weight excluding hydrogens is 316 g/mol. The number of aromatic amines is 1. The summed E-state index contributed by atoms with van der Waals surface area (Å²) in [6, 6.07) is 5.93. The normalized spacial score (nSPS) is 11.0. The van der Waals surface area contributed by atoms with E-state index < -0.39 is 0 Å². The van der Waals surface area contributed by atoms with Crippen molar-refractivity contribution in [2.24, 2.45) is 0 Å². The summed E-state index contributed by atoms with van der Waals surface area (Å²) in [6.45, 7) is 8.00. The molecule has 0 saturated heterocycles. The fourth-order valence-corrected chi connectivity index (χ4v) is 3.00. The highest BCUT2D eigenvalue weighted by atomic mass is 16.3. The minimum absolute atomic E-state index is 0.139. The topological polar surface area (TPSA) is 75.1 Å². The summed E-state index contributed by atoms with van der Waals surface area (Å²) in [4.78, 5) is 27.1. The zero-order chi connectivity index (χ0) is 18.1. The monoisotopic (exact) mass is 338 g/mol. The van der Waals surface area contributed by atoms with Crippen LogP contribution < -0.4 is 10.9 Å². The maximum atomic E-state index is 12.3. The Bertz CT molecular complexity index is 1010. The Morgan fingerprint density at radius 1 is 1.08 bits per heavy atom. The number of aryl methyl sites for hydroxylation is 4. The third kappa shape index (κ3) is 3.50. The van der Waals surface area contributed by atoms with E-state index >= 15 is 0 Å². The lowest BCUT2D eigenvalue weighted by atomic mass is 10.0. The Morgan fingerprint density at radius 2 is 1.80 bits per heavy atom. The van der Waals surface area contributed by atoms with Crippen LogP contribution in [0.25, 0.3) is 11.0 Å². The predicted molar refractivity (Wildman–Crippen MR) is 97.8 cm³/mol. The van der Waals surface area contributed by atoms with E-state index in [4.69, 9.17) is 4.42 Å². The summed E-state index contributed by atoms with van der Waals surface area (Å²) in [6.07, 6.45) is 1.85. The van der Waals surface area contributed by atoms with Crippen molar-refractivity contribution in [3.63, 3.8) is 0 Å². The number of hydrogen-bond donors (Lipinski definition) is 2. The van der Waals surface area contributed by atoms with Crippen LogP contribution in [-0.4, -0.2) is 10.9 Å². The van der Waals surface area contributed by atoms with Gasteiger partial charge in [-0.1, -0.05) is 0 Å². The maximum Gasteiger partial charge on any atom is 0.253 e. The van der Waals surface area contributed by atoms with E-state index in [-0.39, 0.29) is 24.4 Å². The summed E-state index contributed by atoms with van der Waals surface area (Å²) in [5.74, 6) is -0.139. The third-order valence-corrected chi connectivity index (χ3v) is 4.58. The van der Waals surface area contributed by atoms with Crippen LogP contribution >= 0.6 is 0 Å². The second-order valence-electron chi connectivity index (χ2n) is 6.59. The Labute approximate surface area is 146 Å². The number of rotatable bonds is 4. The van der Waals surface area contributed by atoms with Crippen LogP contribution in [0, 0.1) is 27.7 Å². The molecule has 3 rings (SSSR count). The van der Waals surface area contributed by atoms with Gasteiger partial charge < -0.3 is 14.7 Å². The summed E-state index contributed by atoms with van der Waals surface area (Å²) < 4.78 is 5.56. The second-order valence-corrected chi connectivity index (χ2v) is 6.59. The summed E-state index contributed by atoms with van der Waals surface area (Å²) >= 11 is 0. The molecule has 0 spiro atoms. The number of H-pyrrole nitrogens is 1. The van der Waals surface area contributed by atoms with Crippen molar-refractivity contribution in [3.05, 3.63) is 68.3 Å². The zero-order valence-corrected chi connectivity index (χ0v) is 14.9. The van der Waals surface area contributed by atoms with Crippen LogP contribution in [0.1, 0.15) is 33.5 Å². The van der Waals surface area contributed by atoms with Crippen molar-refractivity contribution in [1.29, 1.82) is 0 Å². The molecule has 0 aliphatic rings. The van der Waals surface area contributed by atoms with Crippen LogP contribution in [0.15, 0.2) is 33.7 Å². The van der Waals surface area contributed by atoms with Gasteiger partial charge in [-0.2, -0.15) is 0 Å². The summed E-state index contributed by atoms with van der Waals surface area (Å²) in [7, 11) is 0. The summed E-state index contributed by atoms with van der Waals surface area (Å²) in [5.41, 5.74) is 6.08. The number of furan rings is 1. The van der Waals surface area contributed by atoms with E-state index in [0.717, 1.165) is 38.9 Å². The Balaban J connectivity index is 1.74. The van der Waals surface area contributed by atoms with E-state index in [2.05, 4.69) is 10.3 Å². The fourth-order valence-electron chi connectivity index (χ4n) is 3.00. The van der Waals surface area contributed by atoms with Gasteiger partial charge in [0, 0.05) is 28.8 Å². The van der Waals surface area contributed by atoms with Gasteiger partial charge in [0.1, 0.15) is 5.58 Å². The SMILES string of the molecule is Cc1cc(C)c(CNC(=O)Cc2coc3cc(C)c(C)cc23)c(=O)[nH]1. The molecule has 2 aromatic heterocycles. The van der Waals surface area contributed by atoms with Crippen LogP contribution in [0.2, 0.25) is 0 Å². The quantitative estimate of drug-likeness (QED) is 0.767. The smallest absolute Gasteiger partial charge is 0.253 e. The highest BCUT2D eigenvalue weighted by Crippen LogP contribution is 2.25. The van der Waals surface area contributed by atoms with E-state index in [0.29, 0.717) is 5.56 Å². The molecule has 0 fully saturated rings. The number of benzene rings is 1. The van der Waals surface area contributed by atoms with Crippen molar-refractivity contribution in [2.75, 3.05) is 0 Å². The van der Waals surface area contributed by atoms with E-state index in [1.807, 2.05) is 45.9 Å². The minimum Gasteiger partial charge on any atom is -0.464 e. The van der Waals surface area contributed by atoms with Gasteiger partial charge in [-0.15, -0.1) is 0 Å². The van der Waals surface area contributed by atoms with Gasteiger partial charge in [-0.3, -0.25) is 9.59 Å². The highest BCUT2D eigenvalue weighted by Gasteiger charge is 2.13. The number of carbonyl (C=O) groups is 1. The molecule has 1 amide bonds. The Kier molecular flexibility index (Phi) is 4.49. The molecule has 2 N–H and O–H groups in total. The summed E-state index contributed by atoms with van der Waals surface area (Å²) in [5, 5.41) is 3.79. The number of hydrogen-bond acceptors (Lipinski definition) is 3. The van der Waals surface area contributed by atoms with E-state index in [1.54, 1.807) is 6.26 Å². The number of fused-ring (bicyclic) bond motifs is 1. The van der Waals surface area contributed by atoms with Gasteiger partial charge in [-0.05, 0) is 62.6 Å². The highest BCUT2D eigenvalue weighted by molar-refractivity contribution is 5.88. The second kappa shape index (κ2) is 6.59. The first-order valence-corrected chi connectivity index (χ1v) is 8.28. The molecular formula is C20H22N2O3. The zero-order valence-electron chi connectivity index (χ0n) is 14.9. The predicted octanol–water partition coefficient (Wildman–Crippen LogP) is 3.21. The molecule has 0 saturated carbocycles. The van der Waals surface area contributed by atoms with Crippen molar-refractivity contribution < 1.29 is 9.21 Å². The molecule has 1 aromatic carbocycles. The first-order valence-electron chi connectivity index (χ1n) is 8.28. The standard InChI is InChI=1S/C20H22N2O3/c1-11-6-16-15(10-25-18(16)7-12(11)2)8-19(23)21-9-17-13(3)5-14(4)22-20(17)24/h5-7,10H,8-9H2,1-4H3,(H,21,23)(H,22,24). The lowest BCUT2D eigenvalue weighted by Crippen LogP contribution is -2.28. The molecule has 25 heavy (non-hydrogen) atoms. The lowest BCUT2D eigenvalue weighted by molar-refractivity contribution is -0.120. The molecule has 0 unspecified atom stereocenters. The number of nitrogens with one attached hydrogen (secondary N) is 2. The molecule has 0 radical (unpaired) electrons. The van der Waals surface area contributed by atoms with E-state index in [9.17, 15) is 9.59 Å². The van der Waals surface area contributed by atoms with Crippen molar-refractivity contribution in [1.82, 2.24) is 10.3 Å². The van der Waals surface area contributed by atoms with E-state index in [1.165, 1.54) is 0 Å². The van der Waals surface area contributed by atoms with Gasteiger partial charge in [0.05, 0.1) is 12.7 Å². The van der Waals surface area contributed by atoms with Crippen LogP contribution in [0.3, 0.4) is 0 Å². The van der Waals surface area contributed by atoms with Gasteiger partial charge in [-0.25, -0.2) is 0 Å². The molecule has 5 nitrogen and oxygen atoms in total. The molecule has 5 heteroatoms. The van der Waals surface area contributed by atoms with Crippen molar-refractivity contribution in [2.45, 2.75) is 40.7 Å². The lowest BCUT2D eigenvalue weighted by Gasteiger charge is -2.08. The van der Waals surface area contributed by atoms with Crippen molar-refractivity contribution in [3.8, 4) is 0 Å². The van der Waals surface area contributed by atoms with Crippen molar-refractivity contribution >= 4 is 16.9 Å². The number of amides is 1. The molecule has 3 aromatic rings. The van der Waals surface area contributed by atoms with Gasteiger partial charge >= 0.3 is 0 Å². The van der Waals surface area contributed by atoms with Gasteiger partial charge in [0.15, 0.2) is 0 Å². The molecule has 0 aliphatic heterocycles. The number of carbonyl (C=O) groups excluding carboxylic acids is 1. The third-order valence-electron chi connectivity index (χ3n) is 4.58. The first-order chi connectivity index (χ1) is 11.8. The fraction of sp³-hybridized carbons (Fsp3) is 0.300. The van der Waals surface area contributed by atoms with Gasteiger partial charge in [0.25, 0.3) is 5.56 Å². The van der Waals surface area contributed by atoms with Crippen LogP contribution in [0.5, 0.6) is 0 Å². The molecule has 0 bridgehead atoms. The first kappa shape index (κ1) is 17.0. The molecule has 0 atom stereocenters. The number of aromatic nitrogens is 1. The molecule has 0 aliphatic carbocycles. The average Bonchev–Trinajstić information content (AvgIpc) is 2.88. The van der Waals surface area contributed by atoms with Crippen LogP contribution in [0.4, 0.5) is 0 Å². The largest absolute Gasteiger partial charge is 0.464 e. The molecule has 130 valence electrons. The average molecular weight is 338 g/mol. The van der Waals surface area contributed by atoms with Crippen LogP contribution in [-0.2, 0) is 17.8 Å². The number of pyridine rings is 1. The Hall–Kier alpha value is -2.82. The molecule has 2 heterocycles. The maximum absolute atomic E-state index is 12.3.